The van der Waals surface area contributed by atoms with Gasteiger partial charge in [0.1, 0.15) is 17.1 Å². The zero-order valence-corrected chi connectivity index (χ0v) is 14.5. The van der Waals surface area contributed by atoms with E-state index in [0.29, 0.717) is 40.6 Å². The van der Waals surface area contributed by atoms with E-state index in [1.165, 1.54) is 0 Å². The SMILES string of the molecule is Cc1cc2c(C3(C(=O)O)CCCCC3)c3oc(C)cc3c(Cl)c2o1. The Kier molecular flexibility index (Phi) is 3.43. The maximum atomic E-state index is 12.4. The van der Waals surface area contributed by atoms with Gasteiger partial charge in [-0.15, -0.1) is 0 Å². The normalized spacial score (nSPS) is 17.6. The molecule has 2 aromatic heterocycles. The van der Waals surface area contributed by atoms with Gasteiger partial charge in [0.15, 0.2) is 5.58 Å². The highest BCUT2D eigenvalue weighted by Crippen LogP contribution is 2.49. The zero-order valence-electron chi connectivity index (χ0n) is 13.7. The number of carboxylic acids is 1. The van der Waals surface area contributed by atoms with E-state index in [0.717, 1.165) is 35.6 Å². The minimum Gasteiger partial charge on any atom is -0.481 e. The Morgan fingerprint density at radius 3 is 2.25 bits per heavy atom. The number of aliphatic carboxylic acids is 1. The van der Waals surface area contributed by atoms with E-state index in [9.17, 15) is 9.90 Å². The van der Waals surface area contributed by atoms with Gasteiger partial charge in [-0.05, 0) is 38.8 Å². The highest BCUT2D eigenvalue weighted by Gasteiger charge is 2.45. The summed E-state index contributed by atoms with van der Waals surface area (Å²) in [6.07, 6.45) is 4.08. The molecule has 0 spiro atoms. The fourth-order valence-electron chi connectivity index (χ4n) is 4.17. The summed E-state index contributed by atoms with van der Waals surface area (Å²) in [5.74, 6) is 0.641. The van der Waals surface area contributed by atoms with Crippen LogP contribution in [0, 0.1) is 13.8 Å². The first kappa shape index (κ1) is 15.6. The predicted molar refractivity (Wildman–Crippen MR) is 92.9 cm³/mol. The number of benzene rings is 1. The van der Waals surface area contributed by atoms with Crippen LogP contribution in [0.4, 0.5) is 0 Å². The fourth-order valence-corrected chi connectivity index (χ4v) is 4.45. The van der Waals surface area contributed by atoms with Crippen molar-refractivity contribution in [3.63, 3.8) is 0 Å². The molecule has 1 saturated carbocycles. The lowest BCUT2D eigenvalue weighted by Gasteiger charge is -2.34. The van der Waals surface area contributed by atoms with Gasteiger partial charge in [0.25, 0.3) is 0 Å². The number of furan rings is 2. The molecule has 0 atom stereocenters. The van der Waals surface area contributed by atoms with Crippen LogP contribution in [-0.4, -0.2) is 11.1 Å². The lowest BCUT2D eigenvalue weighted by atomic mass is 9.68. The summed E-state index contributed by atoms with van der Waals surface area (Å²) in [5.41, 5.74) is 0.938. The maximum absolute atomic E-state index is 12.4. The van der Waals surface area contributed by atoms with Crippen molar-refractivity contribution in [3.8, 4) is 0 Å². The van der Waals surface area contributed by atoms with Gasteiger partial charge in [-0.2, -0.15) is 0 Å². The number of aryl methyl sites for hydroxylation is 2. The molecule has 0 saturated heterocycles. The molecule has 5 heteroatoms. The zero-order chi connectivity index (χ0) is 17.1. The first-order valence-electron chi connectivity index (χ1n) is 8.30. The van der Waals surface area contributed by atoms with Gasteiger partial charge in [0.2, 0.25) is 0 Å². The molecule has 1 aromatic carbocycles. The molecule has 4 rings (SSSR count). The summed E-state index contributed by atoms with van der Waals surface area (Å²) < 4.78 is 11.7. The summed E-state index contributed by atoms with van der Waals surface area (Å²) in [7, 11) is 0. The van der Waals surface area contributed by atoms with E-state index in [2.05, 4.69) is 0 Å². The fraction of sp³-hybridized carbons (Fsp3) is 0.421. The molecule has 0 radical (unpaired) electrons. The topological polar surface area (TPSA) is 63.6 Å². The van der Waals surface area contributed by atoms with Gasteiger partial charge < -0.3 is 13.9 Å². The van der Waals surface area contributed by atoms with Gasteiger partial charge in [-0.1, -0.05) is 30.9 Å². The molecule has 0 unspecified atom stereocenters. The summed E-state index contributed by atoms with van der Waals surface area (Å²) in [6, 6.07) is 3.74. The maximum Gasteiger partial charge on any atom is 0.314 e. The Morgan fingerprint density at radius 2 is 1.62 bits per heavy atom. The molecule has 2 heterocycles. The Labute approximate surface area is 144 Å². The van der Waals surface area contributed by atoms with Crippen LogP contribution in [0.5, 0.6) is 0 Å². The largest absolute Gasteiger partial charge is 0.481 e. The summed E-state index contributed by atoms with van der Waals surface area (Å²) in [6.45, 7) is 3.70. The third kappa shape index (κ3) is 2.02. The van der Waals surface area contributed by atoms with E-state index in [-0.39, 0.29) is 0 Å². The van der Waals surface area contributed by atoms with Crippen molar-refractivity contribution in [2.75, 3.05) is 0 Å². The molecule has 0 aliphatic heterocycles. The average Bonchev–Trinajstić information content (AvgIpc) is 3.11. The van der Waals surface area contributed by atoms with Crippen LogP contribution in [0.25, 0.3) is 21.9 Å². The highest BCUT2D eigenvalue weighted by atomic mass is 35.5. The average molecular weight is 347 g/mol. The summed E-state index contributed by atoms with van der Waals surface area (Å²) in [4.78, 5) is 12.4. The Morgan fingerprint density at radius 1 is 1.04 bits per heavy atom. The van der Waals surface area contributed by atoms with Crippen LogP contribution in [0.3, 0.4) is 0 Å². The van der Waals surface area contributed by atoms with Crippen molar-refractivity contribution in [2.45, 2.75) is 51.4 Å². The second kappa shape index (κ2) is 5.28. The third-order valence-corrected chi connectivity index (χ3v) is 5.61. The molecule has 1 fully saturated rings. The first-order valence-corrected chi connectivity index (χ1v) is 8.67. The van der Waals surface area contributed by atoms with E-state index < -0.39 is 11.4 Å². The van der Waals surface area contributed by atoms with Gasteiger partial charge in [0.05, 0.1) is 10.4 Å². The smallest absolute Gasteiger partial charge is 0.314 e. The second-order valence-corrected chi connectivity index (χ2v) is 7.21. The molecule has 1 aliphatic rings. The quantitative estimate of drug-likeness (QED) is 0.643. The van der Waals surface area contributed by atoms with Gasteiger partial charge in [0, 0.05) is 16.3 Å². The van der Waals surface area contributed by atoms with Crippen LogP contribution < -0.4 is 0 Å². The molecule has 4 nitrogen and oxygen atoms in total. The number of carboxylic acid groups (broad SMARTS) is 1. The number of hydrogen-bond donors (Lipinski definition) is 1. The van der Waals surface area contributed by atoms with Crippen molar-refractivity contribution in [3.05, 3.63) is 34.2 Å². The lowest BCUT2D eigenvalue weighted by Crippen LogP contribution is -2.38. The van der Waals surface area contributed by atoms with E-state index in [1.807, 2.05) is 26.0 Å². The molecule has 0 bridgehead atoms. The molecule has 0 amide bonds. The van der Waals surface area contributed by atoms with Gasteiger partial charge >= 0.3 is 5.97 Å². The van der Waals surface area contributed by atoms with Crippen LogP contribution in [0.1, 0.15) is 49.2 Å². The van der Waals surface area contributed by atoms with Crippen molar-refractivity contribution < 1.29 is 18.7 Å². The van der Waals surface area contributed by atoms with Gasteiger partial charge in [-0.25, -0.2) is 0 Å². The monoisotopic (exact) mass is 346 g/mol. The number of carbonyl (C=O) groups is 1. The van der Waals surface area contributed by atoms with Crippen LogP contribution in [0.15, 0.2) is 21.0 Å². The first-order chi connectivity index (χ1) is 11.4. The summed E-state index contributed by atoms with van der Waals surface area (Å²) >= 11 is 6.54. The number of hydrogen-bond acceptors (Lipinski definition) is 3. The van der Waals surface area contributed by atoms with Crippen molar-refractivity contribution in [1.29, 1.82) is 0 Å². The molecule has 126 valence electrons. The Bertz CT molecular complexity index is 899. The Balaban J connectivity index is 2.18. The lowest BCUT2D eigenvalue weighted by molar-refractivity contribution is -0.145. The number of halogens is 1. The van der Waals surface area contributed by atoms with E-state index >= 15 is 0 Å². The Hall–Kier alpha value is -1.94. The van der Waals surface area contributed by atoms with Crippen LogP contribution >= 0.6 is 11.6 Å². The summed E-state index contributed by atoms with van der Waals surface area (Å²) in [5, 5.41) is 12.1. The van der Waals surface area contributed by atoms with Crippen LogP contribution in [-0.2, 0) is 10.2 Å². The van der Waals surface area contributed by atoms with Crippen molar-refractivity contribution in [1.82, 2.24) is 0 Å². The molecular weight excluding hydrogens is 328 g/mol. The standard InChI is InChI=1S/C19H19ClO4/c1-10-8-12-14(19(18(21)22)6-4-3-5-7-19)16-13(9-11(2)23-16)15(20)17(12)24-10/h8-9H,3-7H2,1-2H3,(H,21,22). The minimum absolute atomic E-state index is 0.491. The predicted octanol–water partition coefficient (Wildman–Crippen LogP) is 5.74. The van der Waals surface area contributed by atoms with Crippen molar-refractivity contribution >= 4 is 39.5 Å². The van der Waals surface area contributed by atoms with E-state index in [4.69, 9.17) is 20.4 Å². The molecule has 1 aliphatic carbocycles. The minimum atomic E-state index is -0.944. The number of rotatable bonds is 2. The molecular formula is C19H19ClO4. The van der Waals surface area contributed by atoms with Crippen molar-refractivity contribution in [2.24, 2.45) is 0 Å². The third-order valence-electron chi connectivity index (χ3n) is 5.24. The molecule has 24 heavy (non-hydrogen) atoms. The highest BCUT2D eigenvalue weighted by molar-refractivity contribution is 6.40. The van der Waals surface area contributed by atoms with E-state index in [1.54, 1.807) is 0 Å². The number of fused-ring (bicyclic) bond motifs is 2. The molecule has 3 aromatic rings. The molecule has 1 N–H and O–H groups in total. The van der Waals surface area contributed by atoms with Gasteiger partial charge in [-0.3, -0.25) is 4.79 Å². The second-order valence-electron chi connectivity index (χ2n) is 6.84. The van der Waals surface area contributed by atoms with Crippen LogP contribution in [0.2, 0.25) is 5.02 Å².